The van der Waals surface area contributed by atoms with E-state index in [0.717, 1.165) is 0 Å². The van der Waals surface area contributed by atoms with E-state index in [2.05, 4.69) is 9.40 Å². The zero-order chi connectivity index (χ0) is 3.54. The minimum atomic E-state index is 0. The van der Waals surface area contributed by atoms with E-state index in [0.29, 0.717) is 0 Å². The fraction of sp³-hybridized carbons (Fsp3) is 0. The van der Waals surface area contributed by atoms with Crippen LogP contribution >= 0.6 is 0 Å². The van der Waals surface area contributed by atoms with Crippen LogP contribution in [-0.2, 0) is 0 Å². The Labute approximate surface area is 55.7 Å². The summed E-state index contributed by atoms with van der Waals surface area (Å²) < 4.78 is 4.47. The van der Waals surface area contributed by atoms with Crippen molar-refractivity contribution < 1.29 is 4.42 Å². The number of aromatic nitrogens is 1. The molecule has 0 saturated heterocycles. The molecule has 0 aliphatic rings. The first-order valence-electron chi connectivity index (χ1n) is 1.32. The van der Waals surface area contributed by atoms with Gasteiger partial charge in [-0.2, -0.15) is 0 Å². The number of hydrogen-bond acceptors (Lipinski definition) is 2. The molecule has 0 aromatic carbocycles. The van der Waals surface area contributed by atoms with Crippen molar-refractivity contribution >= 4 is 27.3 Å². The first kappa shape index (κ1) is 6.13. The standard InChI is InChI=1S/C3H3NO.Pb/c1-2-5-3-4-1;/h1-3H;. The van der Waals surface area contributed by atoms with Gasteiger partial charge in [0.15, 0.2) is 6.39 Å². The average molecular weight is 276 g/mol. The molecule has 2 nitrogen and oxygen atoms in total. The van der Waals surface area contributed by atoms with Crippen molar-refractivity contribution in [2.24, 2.45) is 0 Å². The monoisotopic (exact) mass is 277 g/mol. The molecule has 6 heavy (non-hydrogen) atoms. The first-order chi connectivity index (χ1) is 2.50. The molecule has 0 unspecified atom stereocenters. The summed E-state index contributed by atoms with van der Waals surface area (Å²) in [5.41, 5.74) is 0. The van der Waals surface area contributed by atoms with Crippen LogP contribution in [0.15, 0.2) is 23.3 Å². The molecule has 0 amide bonds. The zero-order valence-electron chi connectivity index (χ0n) is 3.09. The molecule has 0 aliphatic heterocycles. The van der Waals surface area contributed by atoms with E-state index in [1.807, 2.05) is 0 Å². The molecule has 1 rings (SSSR count). The molecule has 3 heteroatoms. The van der Waals surface area contributed by atoms with Crippen LogP contribution in [0.2, 0.25) is 0 Å². The number of rotatable bonds is 0. The van der Waals surface area contributed by atoms with Gasteiger partial charge >= 0.3 is 0 Å². The molecule has 1 heterocycles. The maximum atomic E-state index is 4.47. The minimum absolute atomic E-state index is 0. The van der Waals surface area contributed by atoms with Crippen LogP contribution in [0.4, 0.5) is 0 Å². The van der Waals surface area contributed by atoms with Gasteiger partial charge in [0.05, 0.1) is 6.20 Å². The van der Waals surface area contributed by atoms with Crippen LogP contribution < -0.4 is 0 Å². The van der Waals surface area contributed by atoms with E-state index in [9.17, 15) is 0 Å². The molecular formula is C3H3NOPb. The van der Waals surface area contributed by atoms with E-state index in [1.165, 1.54) is 12.7 Å². The van der Waals surface area contributed by atoms with E-state index in [-0.39, 0.29) is 27.3 Å². The molecule has 0 atom stereocenters. The summed E-state index contributed by atoms with van der Waals surface area (Å²) in [7, 11) is 0. The van der Waals surface area contributed by atoms with Crippen LogP contribution in [0, 0.1) is 0 Å². The van der Waals surface area contributed by atoms with Gasteiger partial charge in [-0.3, -0.25) is 0 Å². The quantitative estimate of drug-likeness (QED) is 0.637. The molecule has 30 valence electrons. The average Bonchev–Trinajstić information content (AvgIpc) is 1.76. The summed E-state index contributed by atoms with van der Waals surface area (Å²) in [5.74, 6) is 0. The Hall–Kier alpha value is 0.132. The molecule has 0 N–H and O–H groups in total. The third kappa shape index (κ3) is 1.54. The van der Waals surface area contributed by atoms with Gasteiger partial charge in [0.1, 0.15) is 6.26 Å². The maximum Gasteiger partial charge on any atom is 0.180 e. The van der Waals surface area contributed by atoms with Crippen molar-refractivity contribution in [3.63, 3.8) is 0 Å². The van der Waals surface area contributed by atoms with E-state index < -0.39 is 0 Å². The van der Waals surface area contributed by atoms with Crippen LogP contribution in [0.5, 0.6) is 0 Å². The van der Waals surface area contributed by atoms with Gasteiger partial charge < -0.3 is 4.42 Å². The molecule has 4 radical (unpaired) electrons. The summed E-state index contributed by atoms with van der Waals surface area (Å²) in [5, 5.41) is 0. The van der Waals surface area contributed by atoms with Gasteiger partial charge in [-0.15, -0.1) is 0 Å². The molecule has 0 fully saturated rings. The van der Waals surface area contributed by atoms with Gasteiger partial charge in [-0.05, 0) is 0 Å². The number of nitrogens with zero attached hydrogens (tertiary/aromatic N) is 1. The minimum Gasteiger partial charge on any atom is -0.452 e. The van der Waals surface area contributed by atoms with Crippen molar-refractivity contribution in [2.45, 2.75) is 0 Å². The van der Waals surface area contributed by atoms with Crippen LogP contribution in [-0.4, -0.2) is 32.3 Å². The second-order valence-corrected chi connectivity index (χ2v) is 0.676. The van der Waals surface area contributed by atoms with Crippen LogP contribution in [0.3, 0.4) is 0 Å². The number of hydrogen-bond donors (Lipinski definition) is 0. The third-order valence-electron chi connectivity index (χ3n) is 0.347. The number of oxazole rings is 1. The Morgan fingerprint density at radius 2 is 2.33 bits per heavy atom. The van der Waals surface area contributed by atoms with Crippen molar-refractivity contribution in [2.75, 3.05) is 0 Å². The maximum absolute atomic E-state index is 4.47. The van der Waals surface area contributed by atoms with Crippen LogP contribution in [0.1, 0.15) is 0 Å². The third-order valence-corrected chi connectivity index (χ3v) is 0.347. The van der Waals surface area contributed by atoms with Gasteiger partial charge in [-0.25, -0.2) is 4.98 Å². The normalized spacial score (nSPS) is 6.67. The van der Waals surface area contributed by atoms with Crippen molar-refractivity contribution in [3.8, 4) is 0 Å². The van der Waals surface area contributed by atoms with Crippen LogP contribution in [0.25, 0.3) is 0 Å². The second kappa shape index (κ2) is 3.33. The second-order valence-electron chi connectivity index (χ2n) is 0.676. The fourth-order valence-electron chi connectivity index (χ4n) is 0.176. The van der Waals surface area contributed by atoms with Gasteiger partial charge in [-0.1, -0.05) is 0 Å². The molecule has 1 aromatic rings. The van der Waals surface area contributed by atoms with E-state index in [1.54, 1.807) is 6.20 Å². The molecule has 0 saturated carbocycles. The molecule has 0 spiro atoms. The molecule has 1 aromatic heterocycles. The SMILES string of the molecule is [Pb].c1cocn1. The summed E-state index contributed by atoms with van der Waals surface area (Å²) in [6, 6.07) is 0. The topological polar surface area (TPSA) is 26.0 Å². The van der Waals surface area contributed by atoms with Gasteiger partial charge in [0.25, 0.3) is 0 Å². The summed E-state index contributed by atoms with van der Waals surface area (Å²) in [6.45, 7) is 0. The van der Waals surface area contributed by atoms with Gasteiger partial charge in [0.2, 0.25) is 0 Å². The molecule has 0 bridgehead atoms. The summed E-state index contributed by atoms with van der Waals surface area (Å²) in [4.78, 5) is 3.56. The van der Waals surface area contributed by atoms with Crippen molar-refractivity contribution in [1.29, 1.82) is 0 Å². The molecule has 0 aliphatic carbocycles. The Kier molecular flexibility index (Phi) is 3.40. The zero-order valence-corrected chi connectivity index (χ0v) is 6.97. The smallest absolute Gasteiger partial charge is 0.180 e. The van der Waals surface area contributed by atoms with Crippen molar-refractivity contribution in [3.05, 3.63) is 18.9 Å². The predicted octanol–water partition coefficient (Wildman–Crippen LogP) is 0.294. The summed E-state index contributed by atoms with van der Waals surface area (Å²) in [6.07, 6.45) is 4.47. The van der Waals surface area contributed by atoms with Gasteiger partial charge in [0, 0.05) is 27.3 Å². The predicted molar refractivity (Wildman–Crippen MR) is 22.3 cm³/mol. The van der Waals surface area contributed by atoms with Crippen molar-refractivity contribution in [1.82, 2.24) is 4.98 Å². The van der Waals surface area contributed by atoms with E-state index >= 15 is 0 Å². The largest absolute Gasteiger partial charge is 0.452 e. The summed E-state index contributed by atoms with van der Waals surface area (Å²) >= 11 is 0. The Morgan fingerprint density at radius 1 is 1.50 bits per heavy atom. The molecular weight excluding hydrogens is 273 g/mol. The Bertz CT molecular complexity index is 67.3. The Balaban J connectivity index is 0.000000250. The Morgan fingerprint density at radius 3 is 2.50 bits per heavy atom. The first-order valence-corrected chi connectivity index (χ1v) is 1.32. The fourth-order valence-corrected chi connectivity index (χ4v) is 0.176. The van der Waals surface area contributed by atoms with E-state index in [4.69, 9.17) is 0 Å².